The van der Waals surface area contributed by atoms with E-state index in [0.29, 0.717) is 10.9 Å². The molecule has 0 aliphatic heterocycles. The average molecular weight is 259 g/mol. The summed E-state index contributed by atoms with van der Waals surface area (Å²) in [5.41, 5.74) is 3.42. The van der Waals surface area contributed by atoms with E-state index in [4.69, 9.17) is 4.74 Å². The van der Waals surface area contributed by atoms with E-state index in [0.717, 1.165) is 16.6 Å². The molecule has 2 aromatic rings. The highest BCUT2D eigenvalue weighted by Crippen LogP contribution is 2.18. The molecule has 100 valence electrons. The predicted octanol–water partition coefficient (Wildman–Crippen LogP) is 2.10. The maximum absolute atomic E-state index is 12.2. The van der Waals surface area contributed by atoms with Crippen LogP contribution in [0.3, 0.4) is 0 Å². The molecule has 0 spiro atoms. The number of esters is 1. The van der Waals surface area contributed by atoms with E-state index < -0.39 is 0 Å². The van der Waals surface area contributed by atoms with Crippen LogP contribution in [0.1, 0.15) is 16.7 Å². The SMILES string of the molecule is COC(=O)Cn1cc(C)c(=O)c2c(C)cc(C)cc21. The summed E-state index contributed by atoms with van der Waals surface area (Å²) in [6.45, 7) is 5.75. The van der Waals surface area contributed by atoms with E-state index in [2.05, 4.69) is 0 Å². The predicted molar refractivity (Wildman–Crippen MR) is 74.4 cm³/mol. The van der Waals surface area contributed by atoms with Gasteiger partial charge in [0.15, 0.2) is 5.43 Å². The van der Waals surface area contributed by atoms with Crippen LogP contribution in [-0.2, 0) is 16.1 Å². The molecule has 1 aromatic heterocycles. The van der Waals surface area contributed by atoms with Crippen LogP contribution in [0, 0.1) is 20.8 Å². The van der Waals surface area contributed by atoms with Crippen LogP contribution in [-0.4, -0.2) is 17.6 Å². The van der Waals surface area contributed by atoms with Crippen LogP contribution in [0.15, 0.2) is 23.1 Å². The Morgan fingerprint density at radius 1 is 1.21 bits per heavy atom. The number of aryl methyl sites for hydroxylation is 3. The normalized spacial score (nSPS) is 10.7. The van der Waals surface area contributed by atoms with Crippen molar-refractivity contribution in [3.63, 3.8) is 0 Å². The zero-order valence-electron chi connectivity index (χ0n) is 11.6. The van der Waals surface area contributed by atoms with Gasteiger partial charge in [-0.1, -0.05) is 6.07 Å². The fourth-order valence-electron chi connectivity index (χ4n) is 2.36. The van der Waals surface area contributed by atoms with Gasteiger partial charge in [-0.2, -0.15) is 0 Å². The highest BCUT2D eigenvalue weighted by atomic mass is 16.5. The third-order valence-electron chi connectivity index (χ3n) is 3.23. The number of methoxy groups -OCH3 is 1. The molecule has 19 heavy (non-hydrogen) atoms. The molecule has 2 rings (SSSR count). The van der Waals surface area contributed by atoms with Crippen LogP contribution in [0.2, 0.25) is 0 Å². The van der Waals surface area contributed by atoms with E-state index in [1.54, 1.807) is 17.7 Å². The lowest BCUT2D eigenvalue weighted by molar-refractivity contribution is -0.141. The van der Waals surface area contributed by atoms with Crippen molar-refractivity contribution in [3.8, 4) is 0 Å². The maximum Gasteiger partial charge on any atom is 0.325 e. The Kier molecular flexibility index (Phi) is 3.42. The summed E-state index contributed by atoms with van der Waals surface area (Å²) in [5, 5.41) is 0.675. The van der Waals surface area contributed by atoms with E-state index in [1.807, 2.05) is 26.0 Å². The lowest BCUT2D eigenvalue weighted by Crippen LogP contribution is -2.18. The number of ether oxygens (including phenoxy) is 1. The Hall–Kier alpha value is -2.10. The molecule has 0 aliphatic carbocycles. The number of rotatable bonds is 2. The molecule has 0 saturated carbocycles. The maximum atomic E-state index is 12.2. The zero-order valence-corrected chi connectivity index (χ0v) is 11.6. The minimum Gasteiger partial charge on any atom is -0.468 e. The van der Waals surface area contributed by atoms with Crippen LogP contribution < -0.4 is 5.43 Å². The first-order chi connectivity index (χ1) is 8.93. The average Bonchev–Trinajstić information content (AvgIpc) is 2.34. The molecule has 0 N–H and O–H groups in total. The third kappa shape index (κ3) is 2.38. The van der Waals surface area contributed by atoms with Gasteiger partial charge in [0.1, 0.15) is 6.54 Å². The molecular formula is C15H17NO3. The fourth-order valence-corrected chi connectivity index (χ4v) is 2.36. The van der Waals surface area contributed by atoms with Gasteiger partial charge in [-0.05, 0) is 38.0 Å². The van der Waals surface area contributed by atoms with Gasteiger partial charge in [0, 0.05) is 17.1 Å². The molecule has 0 saturated heterocycles. The molecular weight excluding hydrogens is 242 g/mol. The summed E-state index contributed by atoms with van der Waals surface area (Å²) in [5.74, 6) is -0.330. The minimum absolute atomic E-state index is 0.0219. The van der Waals surface area contributed by atoms with Gasteiger partial charge >= 0.3 is 5.97 Å². The van der Waals surface area contributed by atoms with Crippen LogP contribution in [0.25, 0.3) is 10.9 Å². The van der Waals surface area contributed by atoms with Gasteiger partial charge < -0.3 is 9.30 Å². The van der Waals surface area contributed by atoms with Gasteiger partial charge in [-0.3, -0.25) is 9.59 Å². The number of aromatic nitrogens is 1. The first-order valence-corrected chi connectivity index (χ1v) is 6.12. The molecule has 0 bridgehead atoms. The molecule has 1 aromatic carbocycles. The van der Waals surface area contributed by atoms with Gasteiger partial charge in [-0.15, -0.1) is 0 Å². The topological polar surface area (TPSA) is 48.3 Å². The third-order valence-corrected chi connectivity index (χ3v) is 3.23. The van der Waals surface area contributed by atoms with Gasteiger partial charge in [0.25, 0.3) is 0 Å². The van der Waals surface area contributed by atoms with Crippen LogP contribution in [0.5, 0.6) is 0 Å². The van der Waals surface area contributed by atoms with Crippen molar-refractivity contribution in [2.75, 3.05) is 7.11 Å². The highest BCUT2D eigenvalue weighted by Gasteiger charge is 2.11. The first kappa shape index (κ1) is 13.3. The van der Waals surface area contributed by atoms with E-state index in [9.17, 15) is 9.59 Å². The summed E-state index contributed by atoms with van der Waals surface area (Å²) in [7, 11) is 1.36. The Balaban J connectivity index is 2.81. The summed E-state index contributed by atoms with van der Waals surface area (Å²) >= 11 is 0. The van der Waals surface area contributed by atoms with Crippen molar-refractivity contribution in [1.82, 2.24) is 4.57 Å². The van der Waals surface area contributed by atoms with Gasteiger partial charge in [-0.25, -0.2) is 0 Å². The number of nitrogens with zero attached hydrogens (tertiary/aromatic N) is 1. The van der Waals surface area contributed by atoms with Gasteiger partial charge in [0.2, 0.25) is 0 Å². The second kappa shape index (κ2) is 4.88. The van der Waals surface area contributed by atoms with Crippen molar-refractivity contribution in [3.05, 3.63) is 45.2 Å². The second-order valence-corrected chi connectivity index (χ2v) is 4.82. The number of pyridine rings is 1. The molecule has 0 unspecified atom stereocenters. The second-order valence-electron chi connectivity index (χ2n) is 4.82. The molecule has 0 aliphatic rings. The quantitative estimate of drug-likeness (QED) is 0.776. The molecule has 1 heterocycles. The molecule has 0 amide bonds. The number of carbonyl (C=O) groups is 1. The Morgan fingerprint density at radius 2 is 1.89 bits per heavy atom. The van der Waals surface area contributed by atoms with E-state index in [1.165, 1.54) is 7.11 Å². The monoisotopic (exact) mass is 259 g/mol. The highest BCUT2D eigenvalue weighted by molar-refractivity contribution is 5.85. The Labute approximate surface area is 111 Å². The minimum atomic E-state index is -0.330. The van der Waals surface area contributed by atoms with Crippen molar-refractivity contribution >= 4 is 16.9 Å². The van der Waals surface area contributed by atoms with Crippen molar-refractivity contribution < 1.29 is 9.53 Å². The lowest BCUT2D eigenvalue weighted by atomic mass is 10.0. The number of fused-ring (bicyclic) bond motifs is 1. The van der Waals surface area contributed by atoms with Crippen molar-refractivity contribution in [2.24, 2.45) is 0 Å². The molecule has 4 heteroatoms. The lowest BCUT2D eigenvalue weighted by Gasteiger charge is -2.13. The summed E-state index contributed by atoms with van der Waals surface area (Å²) in [6.07, 6.45) is 1.71. The summed E-state index contributed by atoms with van der Waals surface area (Å²) in [6, 6.07) is 3.90. The number of benzene rings is 1. The van der Waals surface area contributed by atoms with E-state index >= 15 is 0 Å². The fraction of sp³-hybridized carbons (Fsp3) is 0.333. The molecule has 0 atom stereocenters. The largest absolute Gasteiger partial charge is 0.468 e. The van der Waals surface area contributed by atoms with E-state index in [-0.39, 0.29) is 17.9 Å². The van der Waals surface area contributed by atoms with Crippen molar-refractivity contribution in [1.29, 1.82) is 0 Å². The number of hydrogen-bond donors (Lipinski definition) is 0. The zero-order chi connectivity index (χ0) is 14.2. The molecule has 0 fully saturated rings. The molecule has 4 nitrogen and oxygen atoms in total. The standard InChI is InChI=1S/C15H17NO3/c1-9-5-10(2)14-12(6-9)16(8-13(17)19-4)7-11(3)15(14)18/h5-7H,8H2,1-4H3. The summed E-state index contributed by atoms with van der Waals surface area (Å²) < 4.78 is 6.47. The number of hydrogen-bond acceptors (Lipinski definition) is 3. The molecule has 0 radical (unpaired) electrons. The van der Waals surface area contributed by atoms with Crippen molar-refractivity contribution in [2.45, 2.75) is 27.3 Å². The Bertz CT molecular complexity index is 713. The number of carbonyl (C=O) groups excluding carboxylic acids is 1. The Morgan fingerprint density at radius 3 is 2.53 bits per heavy atom. The van der Waals surface area contributed by atoms with Crippen LogP contribution in [0.4, 0.5) is 0 Å². The smallest absolute Gasteiger partial charge is 0.325 e. The first-order valence-electron chi connectivity index (χ1n) is 6.12. The van der Waals surface area contributed by atoms with Crippen LogP contribution >= 0.6 is 0 Å². The summed E-state index contributed by atoms with van der Waals surface area (Å²) in [4.78, 5) is 23.7. The van der Waals surface area contributed by atoms with Gasteiger partial charge in [0.05, 0.1) is 12.6 Å².